The molecule has 0 saturated heterocycles. The zero-order chi connectivity index (χ0) is 13.0. The molecule has 4 heteroatoms. The fraction of sp³-hybridized carbons (Fsp3) is 0.0714. The highest BCUT2D eigenvalue weighted by Gasteiger charge is 2.10. The van der Waals surface area contributed by atoms with Crippen LogP contribution in [0, 0.1) is 17.1 Å². The molecule has 90 valence electrons. The minimum absolute atomic E-state index is 0.295. The maximum absolute atomic E-state index is 12.8. The summed E-state index contributed by atoms with van der Waals surface area (Å²) in [5.74, 6) is -0.295. The van der Waals surface area contributed by atoms with Crippen LogP contribution in [0.15, 0.2) is 53.0 Å². The highest BCUT2D eigenvalue weighted by Crippen LogP contribution is 2.22. The predicted octanol–water partition coefficient (Wildman–Crippen LogP) is 4.26. The smallest absolute Gasteiger partial charge is 0.140 e. The molecular weight excluding hydrogens is 295 g/mol. The maximum Gasteiger partial charge on any atom is 0.140 e. The Kier molecular flexibility index (Phi) is 3.96. The van der Waals surface area contributed by atoms with Gasteiger partial charge < -0.3 is 5.32 Å². The first-order valence-corrected chi connectivity index (χ1v) is 6.15. The van der Waals surface area contributed by atoms with Crippen molar-refractivity contribution in [2.45, 2.75) is 6.04 Å². The van der Waals surface area contributed by atoms with Gasteiger partial charge in [0.25, 0.3) is 0 Å². The Morgan fingerprint density at radius 1 is 1.17 bits per heavy atom. The zero-order valence-corrected chi connectivity index (χ0v) is 11.0. The fourth-order valence-electron chi connectivity index (χ4n) is 1.59. The van der Waals surface area contributed by atoms with Crippen LogP contribution in [-0.4, -0.2) is 0 Å². The summed E-state index contributed by atoms with van der Waals surface area (Å²) in [5.41, 5.74) is 1.57. The van der Waals surface area contributed by atoms with Gasteiger partial charge in [0.1, 0.15) is 11.9 Å². The van der Waals surface area contributed by atoms with Crippen molar-refractivity contribution in [3.63, 3.8) is 0 Å². The molecule has 0 fully saturated rings. The molecule has 0 saturated carbocycles. The first kappa shape index (κ1) is 12.6. The third-order valence-corrected chi connectivity index (χ3v) is 2.96. The normalized spacial score (nSPS) is 11.6. The maximum atomic E-state index is 12.8. The van der Waals surface area contributed by atoms with E-state index < -0.39 is 6.04 Å². The molecule has 1 unspecified atom stereocenters. The van der Waals surface area contributed by atoms with Gasteiger partial charge in [0.05, 0.1) is 6.07 Å². The van der Waals surface area contributed by atoms with Gasteiger partial charge in [-0.15, -0.1) is 0 Å². The summed E-state index contributed by atoms with van der Waals surface area (Å²) in [6, 6.07) is 15.2. The lowest BCUT2D eigenvalue weighted by Gasteiger charge is -2.13. The molecule has 0 bridgehead atoms. The van der Waals surface area contributed by atoms with Crippen molar-refractivity contribution < 1.29 is 4.39 Å². The Morgan fingerprint density at radius 3 is 2.50 bits per heavy atom. The molecule has 2 nitrogen and oxygen atoms in total. The van der Waals surface area contributed by atoms with Crippen molar-refractivity contribution in [1.82, 2.24) is 0 Å². The Morgan fingerprint density at radius 2 is 1.89 bits per heavy atom. The Hall–Kier alpha value is -1.86. The van der Waals surface area contributed by atoms with Crippen molar-refractivity contribution in [2.24, 2.45) is 0 Å². The van der Waals surface area contributed by atoms with E-state index in [0.717, 1.165) is 10.0 Å². The van der Waals surface area contributed by atoms with Crippen molar-refractivity contribution in [2.75, 3.05) is 5.32 Å². The molecule has 0 aliphatic rings. The van der Waals surface area contributed by atoms with Crippen LogP contribution in [0.25, 0.3) is 0 Å². The van der Waals surface area contributed by atoms with Crippen LogP contribution in [0.2, 0.25) is 0 Å². The number of halogens is 2. The van der Waals surface area contributed by atoms with Crippen LogP contribution >= 0.6 is 15.9 Å². The minimum atomic E-state index is -0.465. The first-order valence-electron chi connectivity index (χ1n) is 5.36. The van der Waals surface area contributed by atoms with Crippen LogP contribution in [0.4, 0.5) is 10.1 Å². The van der Waals surface area contributed by atoms with Gasteiger partial charge in [-0.2, -0.15) is 5.26 Å². The van der Waals surface area contributed by atoms with Crippen LogP contribution in [0.5, 0.6) is 0 Å². The van der Waals surface area contributed by atoms with E-state index in [-0.39, 0.29) is 5.82 Å². The molecule has 0 amide bonds. The highest BCUT2D eigenvalue weighted by atomic mass is 79.9. The van der Waals surface area contributed by atoms with E-state index in [4.69, 9.17) is 0 Å². The molecule has 0 aliphatic heterocycles. The van der Waals surface area contributed by atoms with Crippen molar-refractivity contribution in [3.8, 4) is 6.07 Å². The topological polar surface area (TPSA) is 35.8 Å². The molecular formula is C14H10BrFN2. The Labute approximate surface area is 113 Å². The summed E-state index contributed by atoms with van der Waals surface area (Å²) in [4.78, 5) is 0. The molecule has 0 heterocycles. The average Bonchev–Trinajstić information content (AvgIpc) is 2.38. The molecule has 0 aromatic heterocycles. The van der Waals surface area contributed by atoms with Gasteiger partial charge in [-0.3, -0.25) is 0 Å². The summed E-state index contributed by atoms with van der Waals surface area (Å²) in [7, 11) is 0. The van der Waals surface area contributed by atoms with Crippen molar-refractivity contribution in [3.05, 3.63) is 64.4 Å². The number of hydrogen-bond acceptors (Lipinski definition) is 2. The van der Waals surface area contributed by atoms with Crippen LogP contribution in [-0.2, 0) is 0 Å². The van der Waals surface area contributed by atoms with Gasteiger partial charge in [-0.25, -0.2) is 4.39 Å². The quantitative estimate of drug-likeness (QED) is 0.919. The number of anilines is 1. The van der Waals surface area contributed by atoms with E-state index in [1.54, 1.807) is 12.1 Å². The summed E-state index contributed by atoms with van der Waals surface area (Å²) >= 11 is 3.37. The van der Waals surface area contributed by atoms with E-state index in [2.05, 4.69) is 27.3 Å². The monoisotopic (exact) mass is 304 g/mol. The molecule has 2 rings (SSSR count). The lowest BCUT2D eigenvalue weighted by molar-refractivity contribution is 0.628. The number of nitriles is 1. The standard InChI is InChI=1S/C14H10BrFN2/c15-11-3-1-2-10(8-11)14(9-17)18-13-6-4-12(16)5-7-13/h1-8,14,18H. The van der Waals surface area contributed by atoms with Crippen LogP contribution in [0.1, 0.15) is 11.6 Å². The third kappa shape index (κ3) is 3.08. The summed E-state index contributed by atoms with van der Waals surface area (Å²) in [6.07, 6.45) is 0. The second-order valence-corrected chi connectivity index (χ2v) is 4.68. The lowest BCUT2D eigenvalue weighted by atomic mass is 10.1. The number of benzene rings is 2. The largest absolute Gasteiger partial charge is 0.366 e. The summed E-state index contributed by atoms with van der Waals surface area (Å²) < 4.78 is 13.7. The number of hydrogen-bond donors (Lipinski definition) is 1. The van der Waals surface area contributed by atoms with Crippen LogP contribution in [0.3, 0.4) is 0 Å². The van der Waals surface area contributed by atoms with Gasteiger partial charge in [0.2, 0.25) is 0 Å². The molecule has 0 aliphatic carbocycles. The summed E-state index contributed by atoms with van der Waals surface area (Å²) in [5, 5.41) is 12.2. The van der Waals surface area contributed by atoms with Crippen molar-refractivity contribution >= 4 is 21.6 Å². The van der Waals surface area contributed by atoms with E-state index in [9.17, 15) is 9.65 Å². The van der Waals surface area contributed by atoms with E-state index in [0.29, 0.717) is 5.69 Å². The molecule has 0 spiro atoms. The highest BCUT2D eigenvalue weighted by molar-refractivity contribution is 9.10. The zero-order valence-electron chi connectivity index (χ0n) is 9.40. The number of nitrogens with one attached hydrogen (secondary N) is 1. The van der Waals surface area contributed by atoms with Crippen LogP contribution < -0.4 is 5.32 Å². The van der Waals surface area contributed by atoms with E-state index in [1.165, 1.54) is 12.1 Å². The molecule has 1 N–H and O–H groups in total. The third-order valence-electron chi connectivity index (χ3n) is 2.47. The lowest BCUT2D eigenvalue weighted by Crippen LogP contribution is -2.08. The van der Waals surface area contributed by atoms with Gasteiger partial charge in [-0.1, -0.05) is 28.1 Å². The molecule has 0 radical (unpaired) electrons. The molecule has 1 atom stereocenters. The average molecular weight is 305 g/mol. The predicted molar refractivity (Wildman–Crippen MR) is 72.5 cm³/mol. The van der Waals surface area contributed by atoms with Gasteiger partial charge in [0.15, 0.2) is 0 Å². The number of rotatable bonds is 3. The van der Waals surface area contributed by atoms with Gasteiger partial charge in [0, 0.05) is 10.2 Å². The molecule has 2 aromatic carbocycles. The van der Waals surface area contributed by atoms with Gasteiger partial charge >= 0.3 is 0 Å². The summed E-state index contributed by atoms with van der Waals surface area (Å²) in [6.45, 7) is 0. The Bertz CT molecular complexity index is 575. The SMILES string of the molecule is N#CC(Nc1ccc(F)cc1)c1cccc(Br)c1. The van der Waals surface area contributed by atoms with Gasteiger partial charge in [-0.05, 0) is 42.0 Å². The van der Waals surface area contributed by atoms with E-state index in [1.807, 2.05) is 24.3 Å². The fourth-order valence-corrected chi connectivity index (χ4v) is 2.01. The van der Waals surface area contributed by atoms with E-state index >= 15 is 0 Å². The number of nitrogens with zero attached hydrogens (tertiary/aromatic N) is 1. The molecule has 18 heavy (non-hydrogen) atoms. The minimum Gasteiger partial charge on any atom is -0.366 e. The second kappa shape index (κ2) is 5.65. The first-order chi connectivity index (χ1) is 8.69. The van der Waals surface area contributed by atoms with Crippen molar-refractivity contribution in [1.29, 1.82) is 5.26 Å². The Balaban J connectivity index is 2.20. The second-order valence-electron chi connectivity index (χ2n) is 3.77. The molecule has 2 aromatic rings.